The second kappa shape index (κ2) is 10.5. The Kier molecular flexibility index (Phi) is 7.28. The summed E-state index contributed by atoms with van der Waals surface area (Å²) in [5.41, 5.74) is 0.511. The largest absolute Gasteiger partial charge is 0.421 e. The molecule has 9 nitrogen and oxygen atoms in total. The molecule has 2 aromatic heterocycles. The zero-order chi connectivity index (χ0) is 26.2. The van der Waals surface area contributed by atoms with E-state index in [2.05, 4.69) is 32.5 Å². The molecule has 0 aromatic carbocycles. The van der Waals surface area contributed by atoms with Crippen molar-refractivity contribution >= 4 is 23.4 Å². The van der Waals surface area contributed by atoms with Crippen LogP contribution in [0.25, 0.3) is 0 Å². The Bertz CT molecular complexity index is 1110. The number of halogens is 3. The maximum atomic E-state index is 13.6. The maximum Gasteiger partial charge on any atom is 0.421 e. The zero-order valence-electron chi connectivity index (χ0n) is 21.4. The van der Waals surface area contributed by atoms with Crippen molar-refractivity contribution in [2.24, 2.45) is 0 Å². The number of hydrogen-bond donors (Lipinski definition) is 2. The Morgan fingerprint density at radius 3 is 2.59 bits per heavy atom. The molecule has 3 fully saturated rings. The number of rotatable bonds is 8. The van der Waals surface area contributed by atoms with Crippen molar-refractivity contribution in [3.63, 3.8) is 0 Å². The number of carbonyl (C=O) groups excluding carboxylic acids is 1. The first kappa shape index (κ1) is 25.7. The summed E-state index contributed by atoms with van der Waals surface area (Å²) in [6.45, 7) is 3.35. The Morgan fingerprint density at radius 2 is 1.89 bits per heavy atom. The molecule has 12 heteroatoms. The first-order valence-electron chi connectivity index (χ1n) is 13.2. The molecular weight excluding hydrogens is 485 g/mol. The third-order valence-electron chi connectivity index (χ3n) is 8.02. The van der Waals surface area contributed by atoms with Gasteiger partial charge in [-0.15, -0.1) is 0 Å². The topological polar surface area (TPSA) is 91.2 Å². The fourth-order valence-electron chi connectivity index (χ4n) is 5.87. The van der Waals surface area contributed by atoms with Gasteiger partial charge in [-0.25, -0.2) is 4.98 Å². The molecule has 202 valence electrons. The summed E-state index contributed by atoms with van der Waals surface area (Å²) < 4.78 is 42.8. The van der Waals surface area contributed by atoms with Crippen LogP contribution in [0.2, 0.25) is 0 Å². The predicted octanol–water partition coefficient (Wildman–Crippen LogP) is 4.36. The molecule has 37 heavy (non-hydrogen) atoms. The lowest BCUT2D eigenvalue weighted by Gasteiger charge is -2.36. The van der Waals surface area contributed by atoms with Crippen LogP contribution in [0.3, 0.4) is 0 Å². The standard InChI is InChI=1S/C25H35F3N8O/c1-16-21(15-36(33-16)19-12-17-7-8-18(13-19)34(17)2)31-24-30-14-20(25(26,27)28)23(32-24)29-9-5-11-35-10-4-3-6-22(35)37/h14-15,17-19H,3-13H2,1-2H3,(H2,29,30,31,32). The highest BCUT2D eigenvalue weighted by atomic mass is 19.4. The highest BCUT2D eigenvalue weighted by Crippen LogP contribution is 2.40. The lowest BCUT2D eigenvalue weighted by molar-refractivity contribution is -0.137. The monoisotopic (exact) mass is 520 g/mol. The third kappa shape index (κ3) is 5.68. The summed E-state index contributed by atoms with van der Waals surface area (Å²) in [4.78, 5) is 24.3. The number of aromatic nitrogens is 4. The van der Waals surface area contributed by atoms with E-state index in [0.717, 1.165) is 37.6 Å². The molecule has 3 aliphatic rings. The summed E-state index contributed by atoms with van der Waals surface area (Å²) in [5.74, 6) is -0.0840. The van der Waals surface area contributed by atoms with Crippen molar-refractivity contribution < 1.29 is 18.0 Å². The average Bonchev–Trinajstić information content (AvgIpc) is 3.29. The molecular formula is C25H35F3N8O. The van der Waals surface area contributed by atoms with Gasteiger partial charge in [-0.05, 0) is 58.9 Å². The lowest BCUT2D eigenvalue weighted by Crippen LogP contribution is -2.40. The minimum atomic E-state index is -4.59. The molecule has 1 amide bonds. The minimum absolute atomic E-state index is 0.0767. The molecule has 2 unspecified atom stereocenters. The predicted molar refractivity (Wildman–Crippen MR) is 134 cm³/mol. The Hall–Kier alpha value is -2.89. The van der Waals surface area contributed by atoms with E-state index >= 15 is 0 Å². The van der Waals surface area contributed by atoms with Gasteiger partial charge in [0, 0.05) is 50.5 Å². The van der Waals surface area contributed by atoms with Gasteiger partial charge in [0.1, 0.15) is 11.4 Å². The van der Waals surface area contributed by atoms with E-state index in [0.29, 0.717) is 49.7 Å². The van der Waals surface area contributed by atoms with E-state index in [1.54, 1.807) is 4.90 Å². The van der Waals surface area contributed by atoms with Crippen molar-refractivity contribution in [2.45, 2.75) is 82.6 Å². The number of amides is 1. The molecule has 2 atom stereocenters. The molecule has 0 radical (unpaired) electrons. The third-order valence-corrected chi connectivity index (χ3v) is 8.02. The van der Waals surface area contributed by atoms with E-state index in [1.165, 1.54) is 12.8 Å². The summed E-state index contributed by atoms with van der Waals surface area (Å²) >= 11 is 0. The molecule has 3 aliphatic heterocycles. The van der Waals surface area contributed by atoms with E-state index in [1.807, 2.05) is 17.8 Å². The molecule has 2 aromatic rings. The number of carbonyl (C=O) groups is 1. The first-order valence-corrected chi connectivity index (χ1v) is 13.2. The number of alkyl halides is 3. The van der Waals surface area contributed by atoms with Crippen molar-refractivity contribution in [1.82, 2.24) is 29.5 Å². The number of hydrogen-bond acceptors (Lipinski definition) is 7. The normalized spacial score (nSPS) is 24.5. The Balaban J connectivity index is 1.25. The number of piperidine rings is 2. The van der Waals surface area contributed by atoms with Crippen LogP contribution in [0, 0.1) is 6.92 Å². The summed E-state index contributed by atoms with van der Waals surface area (Å²) in [6, 6.07) is 1.45. The van der Waals surface area contributed by atoms with Crippen LogP contribution >= 0.6 is 0 Å². The van der Waals surface area contributed by atoms with Gasteiger partial charge in [-0.2, -0.15) is 23.3 Å². The summed E-state index contributed by atoms with van der Waals surface area (Å²) in [7, 11) is 2.20. The van der Waals surface area contributed by atoms with Gasteiger partial charge in [0.2, 0.25) is 11.9 Å². The van der Waals surface area contributed by atoms with Crippen molar-refractivity contribution in [2.75, 3.05) is 37.3 Å². The van der Waals surface area contributed by atoms with E-state index in [9.17, 15) is 18.0 Å². The van der Waals surface area contributed by atoms with Gasteiger partial charge in [0.25, 0.3) is 0 Å². The molecule has 2 N–H and O–H groups in total. The van der Waals surface area contributed by atoms with E-state index in [-0.39, 0.29) is 24.2 Å². The molecule has 2 bridgehead atoms. The number of nitrogens with one attached hydrogen (secondary N) is 2. The lowest BCUT2D eigenvalue weighted by atomic mass is 9.98. The van der Waals surface area contributed by atoms with Crippen LogP contribution in [-0.2, 0) is 11.0 Å². The second-order valence-electron chi connectivity index (χ2n) is 10.5. The van der Waals surface area contributed by atoms with E-state index in [4.69, 9.17) is 5.10 Å². The zero-order valence-corrected chi connectivity index (χ0v) is 21.4. The van der Waals surface area contributed by atoms with Gasteiger partial charge in [-0.1, -0.05) is 0 Å². The average molecular weight is 521 g/mol. The highest BCUT2D eigenvalue weighted by molar-refractivity contribution is 5.76. The van der Waals surface area contributed by atoms with Crippen molar-refractivity contribution in [3.05, 3.63) is 23.7 Å². The number of fused-ring (bicyclic) bond motifs is 2. The van der Waals surface area contributed by atoms with Crippen molar-refractivity contribution in [1.29, 1.82) is 0 Å². The Morgan fingerprint density at radius 1 is 1.14 bits per heavy atom. The van der Waals surface area contributed by atoms with Crippen LogP contribution in [0.5, 0.6) is 0 Å². The molecule has 5 rings (SSSR count). The number of anilines is 3. The van der Waals surface area contributed by atoms with Crippen LogP contribution in [0.15, 0.2) is 12.4 Å². The molecule has 0 aliphatic carbocycles. The number of nitrogens with zero attached hydrogens (tertiary/aromatic N) is 6. The van der Waals surface area contributed by atoms with Gasteiger partial charge in [-0.3, -0.25) is 9.48 Å². The smallest absolute Gasteiger partial charge is 0.369 e. The molecule has 3 saturated heterocycles. The SMILES string of the molecule is Cc1nn(C2CC3CCC(C2)N3C)cc1Nc1ncc(C(F)(F)F)c(NCCCN2CCCCC2=O)n1. The summed E-state index contributed by atoms with van der Waals surface area (Å²) in [6.07, 6.45) is 5.58. The fraction of sp³-hybridized carbons (Fsp3) is 0.680. The second-order valence-corrected chi connectivity index (χ2v) is 10.5. The van der Waals surface area contributed by atoms with Gasteiger partial charge in [0.15, 0.2) is 0 Å². The number of likely N-dealkylation sites (tertiary alicyclic amines) is 1. The molecule has 5 heterocycles. The van der Waals surface area contributed by atoms with Gasteiger partial charge >= 0.3 is 6.18 Å². The molecule has 0 saturated carbocycles. The summed E-state index contributed by atoms with van der Waals surface area (Å²) in [5, 5.41) is 10.6. The van der Waals surface area contributed by atoms with Crippen LogP contribution in [0.4, 0.5) is 30.6 Å². The van der Waals surface area contributed by atoms with Crippen LogP contribution in [-0.4, -0.2) is 74.2 Å². The Labute approximate surface area is 214 Å². The van der Waals surface area contributed by atoms with Crippen molar-refractivity contribution in [3.8, 4) is 0 Å². The quantitative estimate of drug-likeness (QED) is 0.500. The fourth-order valence-corrected chi connectivity index (χ4v) is 5.87. The molecule has 0 spiro atoms. The van der Waals surface area contributed by atoms with Gasteiger partial charge in [0.05, 0.1) is 17.4 Å². The van der Waals surface area contributed by atoms with Crippen LogP contribution < -0.4 is 10.6 Å². The van der Waals surface area contributed by atoms with Gasteiger partial charge < -0.3 is 20.4 Å². The first-order chi connectivity index (χ1) is 17.7. The van der Waals surface area contributed by atoms with E-state index < -0.39 is 11.7 Å². The highest BCUT2D eigenvalue weighted by Gasteiger charge is 2.39. The minimum Gasteiger partial charge on any atom is -0.369 e. The van der Waals surface area contributed by atoms with Crippen LogP contribution in [0.1, 0.15) is 68.7 Å². The maximum absolute atomic E-state index is 13.6. The number of aryl methyl sites for hydroxylation is 1.